The molecule has 1 saturated heterocycles. The van der Waals surface area contributed by atoms with Crippen LogP contribution in [0.15, 0.2) is 24.3 Å². The van der Waals surface area contributed by atoms with Gasteiger partial charge in [-0.05, 0) is 24.1 Å². The molecule has 6 heteroatoms. The Bertz CT molecular complexity index is 518. The molecule has 2 atom stereocenters. The molecule has 0 aliphatic carbocycles. The van der Waals surface area contributed by atoms with Crippen LogP contribution in [0.5, 0.6) is 0 Å². The summed E-state index contributed by atoms with van der Waals surface area (Å²) in [5, 5.41) is 12.9. The summed E-state index contributed by atoms with van der Waals surface area (Å²) in [5.74, 6) is -0.260. The summed E-state index contributed by atoms with van der Waals surface area (Å²) in [6.07, 6.45) is 0.342. The average molecular weight is 311 g/mol. The number of rotatable bonds is 4. The number of carbonyl (C=O) groups is 2. The number of halogens is 1. The Balaban J connectivity index is 2.07. The third kappa shape index (κ3) is 4.44. The van der Waals surface area contributed by atoms with E-state index in [4.69, 9.17) is 11.6 Å². The minimum absolute atomic E-state index is 0.0692. The third-order valence-corrected chi connectivity index (χ3v) is 3.80. The van der Waals surface area contributed by atoms with Gasteiger partial charge >= 0.3 is 0 Å². The second-order valence-corrected chi connectivity index (χ2v) is 5.73. The van der Waals surface area contributed by atoms with Crippen LogP contribution in [0, 0.1) is 0 Å². The Hall–Kier alpha value is -1.59. The van der Waals surface area contributed by atoms with Crippen LogP contribution in [0.2, 0.25) is 5.02 Å². The molecule has 0 radical (unpaired) electrons. The van der Waals surface area contributed by atoms with Crippen LogP contribution in [-0.2, 0) is 9.59 Å². The van der Waals surface area contributed by atoms with Crippen LogP contribution in [0.25, 0.3) is 0 Å². The molecule has 2 rings (SSSR count). The lowest BCUT2D eigenvalue weighted by atomic mass is 10.0. The lowest BCUT2D eigenvalue weighted by Gasteiger charge is -2.22. The largest absolute Gasteiger partial charge is 0.391 e. The van der Waals surface area contributed by atoms with E-state index in [0.717, 1.165) is 5.56 Å². The molecule has 21 heavy (non-hydrogen) atoms. The number of aliphatic hydroxyl groups is 1. The monoisotopic (exact) mass is 310 g/mol. The zero-order valence-corrected chi connectivity index (χ0v) is 12.6. The predicted molar refractivity (Wildman–Crippen MR) is 79.8 cm³/mol. The Labute approximate surface area is 128 Å². The lowest BCUT2D eigenvalue weighted by Crippen LogP contribution is -2.35. The summed E-state index contributed by atoms with van der Waals surface area (Å²) in [5.41, 5.74) is 0.836. The molecule has 0 aromatic heterocycles. The predicted octanol–water partition coefficient (Wildman–Crippen LogP) is 1.50. The number of hydrogen-bond acceptors (Lipinski definition) is 3. The van der Waals surface area contributed by atoms with Crippen molar-refractivity contribution in [3.63, 3.8) is 0 Å². The Morgan fingerprint density at radius 3 is 2.62 bits per heavy atom. The Kier molecular flexibility index (Phi) is 5.20. The minimum Gasteiger partial charge on any atom is -0.391 e. The fourth-order valence-corrected chi connectivity index (χ4v) is 2.59. The molecule has 0 bridgehead atoms. The molecule has 114 valence electrons. The van der Waals surface area contributed by atoms with Gasteiger partial charge in [-0.3, -0.25) is 9.59 Å². The van der Waals surface area contributed by atoms with Crippen molar-refractivity contribution in [2.24, 2.45) is 0 Å². The summed E-state index contributed by atoms with van der Waals surface area (Å²) in [4.78, 5) is 25.2. The maximum Gasteiger partial charge on any atom is 0.225 e. The summed E-state index contributed by atoms with van der Waals surface area (Å²) >= 11 is 5.86. The number of hydrogen-bond donors (Lipinski definition) is 2. The standard InChI is InChI=1S/C15H19ClN2O3/c1-10(19)17-14(11-2-4-12(16)5-3-11)8-15(21)18-7-6-13(20)9-18/h2-5,13-14,20H,6-9H2,1H3,(H,17,19)/t13-,14?/m1/s1. The molecule has 5 nitrogen and oxygen atoms in total. The van der Waals surface area contributed by atoms with E-state index in [1.54, 1.807) is 29.2 Å². The molecule has 1 aromatic carbocycles. The van der Waals surface area contributed by atoms with E-state index in [-0.39, 0.29) is 24.3 Å². The van der Waals surface area contributed by atoms with Crippen molar-refractivity contribution < 1.29 is 14.7 Å². The van der Waals surface area contributed by atoms with Gasteiger partial charge in [-0.15, -0.1) is 0 Å². The van der Waals surface area contributed by atoms with Gasteiger partial charge in [0.15, 0.2) is 0 Å². The number of β-amino-alcohol motifs (C(OH)–C–C–N with tert-alkyl or cyclic N) is 1. The molecule has 1 heterocycles. The van der Waals surface area contributed by atoms with Crippen LogP contribution < -0.4 is 5.32 Å². The van der Waals surface area contributed by atoms with Crippen molar-refractivity contribution >= 4 is 23.4 Å². The van der Waals surface area contributed by atoms with Gasteiger partial charge in [0.05, 0.1) is 18.6 Å². The van der Waals surface area contributed by atoms with Gasteiger partial charge in [-0.25, -0.2) is 0 Å². The van der Waals surface area contributed by atoms with Gasteiger partial charge in [-0.1, -0.05) is 23.7 Å². The zero-order chi connectivity index (χ0) is 15.4. The van der Waals surface area contributed by atoms with E-state index in [1.165, 1.54) is 6.92 Å². The van der Waals surface area contributed by atoms with E-state index >= 15 is 0 Å². The highest BCUT2D eigenvalue weighted by molar-refractivity contribution is 6.30. The molecule has 2 N–H and O–H groups in total. The van der Waals surface area contributed by atoms with Crippen molar-refractivity contribution in [1.82, 2.24) is 10.2 Å². The van der Waals surface area contributed by atoms with Gasteiger partial charge in [0.2, 0.25) is 11.8 Å². The first-order valence-electron chi connectivity index (χ1n) is 6.94. The van der Waals surface area contributed by atoms with Gasteiger partial charge in [0.1, 0.15) is 0 Å². The van der Waals surface area contributed by atoms with Gasteiger partial charge < -0.3 is 15.3 Å². The SMILES string of the molecule is CC(=O)NC(CC(=O)N1CC[C@@H](O)C1)c1ccc(Cl)cc1. The van der Waals surface area contributed by atoms with Crippen molar-refractivity contribution in [2.75, 3.05) is 13.1 Å². The Morgan fingerprint density at radius 2 is 2.10 bits per heavy atom. The number of nitrogens with zero attached hydrogens (tertiary/aromatic N) is 1. The molecule has 1 aliphatic rings. The molecule has 1 fully saturated rings. The van der Waals surface area contributed by atoms with Gasteiger partial charge in [0.25, 0.3) is 0 Å². The quantitative estimate of drug-likeness (QED) is 0.885. The van der Waals surface area contributed by atoms with Crippen molar-refractivity contribution in [3.8, 4) is 0 Å². The van der Waals surface area contributed by atoms with E-state index in [1.807, 2.05) is 0 Å². The maximum absolute atomic E-state index is 12.3. The second-order valence-electron chi connectivity index (χ2n) is 5.29. The average Bonchev–Trinajstić information content (AvgIpc) is 2.85. The normalized spacial score (nSPS) is 19.4. The molecule has 0 saturated carbocycles. The minimum atomic E-state index is -0.441. The first kappa shape index (κ1) is 15.8. The number of nitrogens with one attached hydrogen (secondary N) is 1. The highest BCUT2D eigenvalue weighted by Crippen LogP contribution is 2.21. The fourth-order valence-electron chi connectivity index (χ4n) is 2.46. The van der Waals surface area contributed by atoms with Gasteiger partial charge in [-0.2, -0.15) is 0 Å². The number of likely N-dealkylation sites (tertiary alicyclic amines) is 1. The topological polar surface area (TPSA) is 69.6 Å². The van der Waals surface area contributed by atoms with Crippen LogP contribution in [0.3, 0.4) is 0 Å². The van der Waals surface area contributed by atoms with Crippen molar-refractivity contribution in [3.05, 3.63) is 34.9 Å². The summed E-state index contributed by atoms with van der Waals surface area (Å²) in [7, 11) is 0. The van der Waals surface area contributed by atoms with Crippen LogP contribution in [-0.4, -0.2) is 41.0 Å². The maximum atomic E-state index is 12.3. The molecular formula is C15H19ClN2O3. The second kappa shape index (κ2) is 6.91. The lowest BCUT2D eigenvalue weighted by molar-refractivity contribution is -0.131. The van der Waals surface area contributed by atoms with E-state index < -0.39 is 6.10 Å². The van der Waals surface area contributed by atoms with Gasteiger partial charge in [0, 0.05) is 25.0 Å². The Morgan fingerprint density at radius 1 is 1.43 bits per heavy atom. The van der Waals surface area contributed by atoms with Crippen molar-refractivity contribution in [2.45, 2.75) is 31.9 Å². The smallest absolute Gasteiger partial charge is 0.225 e. The van der Waals surface area contributed by atoms with E-state index in [0.29, 0.717) is 24.5 Å². The first-order chi connectivity index (χ1) is 9.95. The van der Waals surface area contributed by atoms with E-state index in [9.17, 15) is 14.7 Å². The summed E-state index contributed by atoms with van der Waals surface area (Å²) in [6.45, 7) is 2.35. The molecule has 1 unspecified atom stereocenters. The number of benzene rings is 1. The van der Waals surface area contributed by atoms with Crippen LogP contribution >= 0.6 is 11.6 Å². The zero-order valence-electron chi connectivity index (χ0n) is 11.9. The third-order valence-electron chi connectivity index (χ3n) is 3.54. The van der Waals surface area contributed by atoms with Crippen LogP contribution in [0.1, 0.15) is 31.4 Å². The molecule has 2 amide bonds. The number of amides is 2. The van der Waals surface area contributed by atoms with E-state index in [2.05, 4.69) is 5.32 Å². The molecule has 1 aliphatic heterocycles. The number of carbonyl (C=O) groups excluding carboxylic acids is 2. The molecule has 0 spiro atoms. The van der Waals surface area contributed by atoms with Crippen LogP contribution in [0.4, 0.5) is 0 Å². The summed E-state index contributed by atoms with van der Waals surface area (Å²) < 4.78 is 0. The van der Waals surface area contributed by atoms with Crippen molar-refractivity contribution in [1.29, 1.82) is 0 Å². The molecular weight excluding hydrogens is 292 g/mol. The first-order valence-corrected chi connectivity index (χ1v) is 7.32. The highest BCUT2D eigenvalue weighted by atomic mass is 35.5. The fraction of sp³-hybridized carbons (Fsp3) is 0.467. The number of aliphatic hydroxyl groups excluding tert-OH is 1. The summed E-state index contributed by atoms with van der Waals surface area (Å²) in [6, 6.07) is 6.68. The highest BCUT2D eigenvalue weighted by Gasteiger charge is 2.27. The molecule has 1 aromatic rings.